The molecule has 0 aromatic heterocycles. The van der Waals surface area contributed by atoms with E-state index in [1.807, 2.05) is 0 Å². The van der Waals surface area contributed by atoms with E-state index in [0.717, 1.165) is 19.4 Å². The summed E-state index contributed by atoms with van der Waals surface area (Å²) >= 11 is 0. The first-order chi connectivity index (χ1) is 7.15. The van der Waals surface area contributed by atoms with Crippen molar-refractivity contribution in [3.8, 4) is 0 Å². The van der Waals surface area contributed by atoms with E-state index in [1.54, 1.807) is 0 Å². The monoisotopic (exact) mass is 205 g/mol. The average molecular weight is 205 g/mol. The zero-order valence-electron chi connectivity index (χ0n) is 9.49. The Bertz CT molecular complexity index is 342. The summed E-state index contributed by atoms with van der Waals surface area (Å²) in [5, 5.41) is 0. The summed E-state index contributed by atoms with van der Waals surface area (Å²) in [5.74, 6) is 0. The minimum Gasteiger partial charge on any atom is -0.373 e. The van der Waals surface area contributed by atoms with Crippen LogP contribution in [0.25, 0.3) is 0 Å². The number of nitrogens with two attached hydrogens (primary N) is 1. The third kappa shape index (κ3) is 2.58. The number of benzene rings is 1. The van der Waals surface area contributed by atoms with E-state index in [9.17, 15) is 0 Å². The molecular weight excluding hydrogens is 186 g/mol. The molecular formula is C13H19NO. The SMILES string of the molecule is Cc1ccc(C)c(COC2CC(N)C2)c1. The van der Waals surface area contributed by atoms with E-state index in [-0.39, 0.29) is 0 Å². The highest BCUT2D eigenvalue weighted by atomic mass is 16.5. The lowest BCUT2D eigenvalue weighted by Gasteiger charge is -2.32. The molecule has 0 aliphatic heterocycles. The fraction of sp³-hybridized carbons (Fsp3) is 0.538. The third-order valence-electron chi connectivity index (χ3n) is 3.11. The van der Waals surface area contributed by atoms with Gasteiger partial charge in [-0.15, -0.1) is 0 Å². The molecule has 2 heteroatoms. The molecule has 1 saturated carbocycles. The minimum absolute atomic E-state index is 0.369. The standard InChI is InChI=1S/C13H19NO/c1-9-3-4-10(2)11(5-9)8-15-13-6-12(14)7-13/h3-5,12-13H,6-8,14H2,1-2H3. The number of ether oxygens (including phenoxy) is 1. The first kappa shape index (κ1) is 10.7. The quantitative estimate of drug-likeness (QED) is 0.821. The van der Waals surface area contributed by atoms with Crippen molar-refractivity contribution in [2.75, 3.05) is 0 Å². The second-order valence-electron chi connectivity index (χ2n) is 4.59. The summed E-state index contributed by atoms with van der Waals surface area (Å²) in [5.41, 5.74) is 9.62. The molecule has 1 aliphatic carbocycles. The Morgan fingerprint density at radius 3 is 2.73 bits per heavy atom. The van der Waals surface area contributed by atoms with Crippen LogP contribution in [0.5, 0.6) is 0 Å². The average Bonchev–Trinajstić information content (AvgIpc) is 2.16. The largest absolute Gasteiger partial charge is 0.373 e. The maximum Gasteiger partial charge on any atom is 0.0723 e. The summed E-state index contributed by atoms with van der Waals surface area (Å²) in [4.78, 5) is 0. The van der Waals surface area contributed by atoms with Crippen LogP contribution in [0.2, 0.25) is 0 Å². The van der Waals surface area contributed by atoms with Crippen LogP contribution in [0, 0.1) is 13.8 Å². The van der Waals surface area contributed by atoms with Gasteiger partial charge in [0.2, 0.25) is 0 Å². The molecule has 0 radical (unpaired) electrons. The topological polar surface area (TPSA) is 35.2 Å². The van der Waals surface area contributed by atoms with Crippen LogP contribution >= 0.6 is 0 Å². The number of hydrogen-bond donors (Lipinski definition) is 1. The van der Waals surface area contributed by atoms with Gasteiger partial charge in [-0.25, -0.2) is 0 Å². The molecule has 2 rings (SSSR count). The molecule has 1 fully saturated rings. The van der Waals surface area contributed by atoms with Gasteiger partial charge in [-0.2, -0.15) is 0 Å². The van der Waals surface area contributed by atoms with Crippen LogP contribution in [-0.2, 0) is 11.3 Å². The van der Waals surface area contributed by atoms with E-state index in [0.29, 0.717) is 12.1 Å². The van der Waals surface area contributed by atoms with E-state index < -0.39 is 0 Å². The van der Waals surface area contributed by atoms with Crippen LogP contribution < -0.4 is 5.73 Å². The number of rotatable bonds is 3. The Kier molecular flexibility index (Phi) is 3.08. The molecule has 0 saturated heterocycles. The number of hydrogen-bond acceptors (Lipinski definition) is 2. The van der Waals surface area contributed by atoms with Gasteiger partial charge < -0.3 is 10.5 Å². The van der Waals surface area contributed by atoms with Crippen molar-refractivity contribution in [1.82, 2.24) is 0 Å². The second-order valence-corrected chi connectivity index (χ2v) is 4.59. The maximum atomic E-state index is 5.79. The lowest BCUT2D eigenvalue weighted by Crippen LogP contribution is -2.41. The van der Waals surface area contributed by atoms with E-state index in [4.69, 9.17) is 10.5 Å². The molecule has 15 heavy (non-hydrogen) atoms. The van der Waals surface area contributed by atoms with Gasteiger partial charge in [-0.3, -0.25) is 0 Å². The Labute approximate surface area is 91.4 Å². The number of aryl methyl sites for hydroxylation is 2. The molecule has 0 heterocycles. The lowest BCUT2D eigenvalue weighted by atomic mass is 9.90. The third-order valence-corrected chi connectivity index (χ3v) is 3.11. The predicted molar refractivity (Wildman–Crippen MR) is 61.7 cm³/mol. The molecule has 82 valence electrons. The van der Waals surface area contributed by atoms with Gasteiger partial charge in [0.1, 0.15) is 0 Å². The Hall–Kier alpha value is -0.860. The molecule has 1 aliphatic rings. The highest BCUT2D eigenvalue weighted by Gasteiger charge is 2.26. The zero-order chi connectivity index (χ0) is 10.8. The van der Waals surface area contributed by atoms with Crippen molar-refractivity contribution < 1.29 is 4.74 Å². The van der Waals surface area contributed by atoms with Crippen LogP contribution in [-0.4, -0.2) is 12.1 Å². The minimum atomic E-state index is 0.369. The summed E-state index contributed by atoms with van der Waals surface area (Å²) in [6.07, 6.45) is 2.43. The molecule has 0 unspecified atom stereocenters. The summed E-state index contributed by atoms with van der Waals surface area (Å²) < 4.78 is 5.79. The van der Waals surface area contributed by atoms with Crippen molar-refractivity contribution in [3.63, 3.8) is 0 Å². The summed E-state index contributed by atoms with van der Waals surface area (Å²) in [7, 11) is 0. The summed E-state index contributed by atoms with van der Waals surface area (Å²) in [6.45, 7) is 4.97. The van der Waals surface area contributed by atoms with Crippen molar-refractivity contribution in [2.24, 2.45) is 5.73 Å². The molecule has 0 atom stereocenters. The fourth-order valence-electron chi connectivity index (χ4n) is 1.91. The molecule has 2 N–H and O–H groups in total. The van der Waals surface area contributed by atoms with Crippen molar-refractivity contribution in [2.45, 2.75) is 45.4 Å². The van der Waals surface area contributed by atoms with E-state index >= 15 is 0 Å². The van der Waals surface area contributed by atoms with Crippen molar-refractivity contribution in [1.29, 1.82) is 0 Å². The van der Waals surface area contributed by atoms with Crippen molar-refractivity contribution >= 4 is 0 Å². The Balaban J connectivity index is 1.90. The first-order valence-corrected chi connectivity index (χ1v) is 5.58. The molecule has 0 bridgehead atoms. The molecule has 0 amide bonds. The molecule has 0 spiro atoms. The lowest BCUT2D eigenvalue weighted by molar-refractivity contribution is -0.0190. The van der Waals surface area contributed by atoms with Gasteiger partial charge in [0.05, 0.1) is 12.7 Å². The fourth-order valence-corrected chi connectivity index (χ4v) is 1.91. The van der Waals surface area contributed by atoms with Crippen molar-refractivity contribution in [3.05, 3.63) is 34.9 Å². The molecule has 1 aromatic carbocycles. The van der Waals surface area contributed by atoms with Gasteiger partial charge in [-0.05, 0) is 37.8 Å². The highest BCUT2D eigenvalue weighted by molar-refractivity contribution is 5.29. The van der Waals surface area contributed by atoms with Gasteiger partial charge in [0.25, 0.3) is 0 Å². The first-order valence-electron chi connectivity index (χ1n) is 5.58. The summed E-state index contributed by atoms with van der Waals surface area (Å²) in [6, 6.07) is 6.86. The Morgan fingerprint density at radius 2 is 2.07 bits per heavy atom. The normalized spacial score (nSPS) is 25.0. The van der Waals surface area contributed by atoms with E-state index in [2.05, 4.69) is 32.0 Å². The van der Waals surface area contributed by atoms with Gasteiger partial charge in [0.15, 0.2) is 0 Å². The van der Waals surface area contributed by atoms with Gasteiger partial charge in [-0.1, -0.05) is 23.8 Å². The predicted octanol–water partition coefficient (Wildman–Crippen LogP) is 2.31. The zero-order valence-corrected chi connectivity index (χ0v) is 9.49. The molecule has 2 nitrogen and oxygen atoms in total. The van der Waals surface area contributed by atoms with Crippen LogP contribution in [0.15, 0.2) is 18.2 Å². The molecule has 1 aromatic rings. The van der Waals surface area contributed by atoms with E-state index in [1.165, 1.54) is 16.7 Å². The van der Waals surface area contributed by atoms with Crippen LogP contribution in [0.4, 0.5) is 0 Å². The smallest absolute Gasteiger partial charge is 0.0723 e. The maximum absolute atomic E-state index is 5.79. The highest BCUT2D eigenvalue weighted by Crippen LogP contribution is 2.23. The Morgan fingerprint density at radius 1 is 1.33 bits per heavy atom. The van der Waals surface area contributed by atoms with Crippen LogP contribution in [0.1, 0.15) is 29.5 Å². The van der Waals surface area contributed by atoms with Gasteiger partial charge >= 0.3 is 0 Å². The van der Waals surface area contributed by atoms with Crippen LogP contribution in [0.3, 0.4) is 0 Å². The van der Waals surface area contributed by atoms with Gasteiger partial charge in [0, 0.05) is 6.04 Å². The second kappa shape index (κ2) is 4.33.